The second-order valence-electron chi connectivity index (χ2n) is 2.52. The minimum Gasteiger partial charge on any atom is -0.305 e. The minimum atomic E-state index is -0.458. The molecular formula is C8H4Cl2N2O. The lowest BCUT2D eigenvalue weighted by Gasteiger charge is -1.98. The molecule has 0 unspecified atom stereocenters. The van der Waals surface area contributed by atoms with Crippen molar-refractivity contribution < 1.29 is 0 Å². The number of hydrogen-bond donors (Lipinski definition) is 1. The first-order valence-corrected chi connectivity index (χ1v) is 4.27. The molecule has 1 heterocycles. The van der Waals surface area contributed by atoms with E-state index >= 15 is 0 Å². The first-order chi connectivity index (χ1) is 6.16. The summed E-state index contributed by atoms with van der Waals surface area (Å²) in [5, 5.41) is 1.37. The van der Waals surface area contributed by atoms with Crippen molar-refractivity contribution in [2.45, 2.75) is 0 Å². The summed E-state index contributed by atoms with van der Waals surface area (Å²) >= 11 is 11.5. The fraction of sp³-hybridized carbons (Fsp3) is 0. The molecule has 13 heavy (non-hydrogen) atoms. The van der Waals surface area contributed by atoms with Crippen molar-refractivity contribution in [3.63, 3.8) is 0 Å². The first-order valence-electron chi connectivity index (χ1n) is 3.52. The van der Waals surface area contributed by atoms with E-state index in [9.17, 15) is 4.79 Å². The molecule has 0 saturated heterocycles. The van der Waals surface area contributed by atoms with E-state index in [1.807, 2.05) is 0 Å². The smallest absolute Gasteiger partial charge is 0.305 e. The highest BCUT2D eigenvalue weighted by Gasteiger charge is 2.02. The second-order valence-corrected chi connectivity index (χ2v) is 3.32. The van der Waals surface area contributed by atoms with Crippen molar-refractivity contribution in [1.29, 1.82) is 0 Å². The molecule has 0 radical (unpaired) electrons. The third kappa shape index (κ3) is 1.53. The maximum absolute atomic E-state index is 10.9. The number of fused-ring (bicyclic) bond motifs is 1. The number of nitrogens with zero attached hydrogens (tertiary/aromatic N) is 1. The Hall–Kier alpha value is -1.06. The van der Waals surface area contributed by atoms with Gasteiger partial charge in [0.2, 0.25) is 0 Å². The maximum atomic E-state index is 10.9. The van der Waals surface area contributed by atoms with Gasteiger partial charge in [0.1, 0.15) is 5.15 Å². The van der Waals surface area contributed by atoms with Crippen LogP contribution in [0.3, 0.4) is 0 Å². The van der Waals surface area contributed by atoms with Crippen LogP contribution < -0.4 is 5.69 Å². The van der Waals surface area contributed by atoms with Crippen LogP contribution in [0.2, 0.25) is 10.2 Å². The molecule has 1 aromatic heterocycles. The summed E-state index contributed by atoms with van der Waals surface area (Å²) in [6, 6.07) is 5.02. The summed E-state index contributed by atoms with van der Waals surface area (Å²) in [4.78, 5) is 17.0. The van der Waals surface area contributed by atoms with E-state index < -0.39 is 5.69 Å². The van der Waals surface area contributed by atoms with Gasteiger partial charge in [-0.3, -0.25) is 0 Å². The van der Waals surface area contributed by atoms with Crippen LogP contribution in [0.1, 0.15) is 0 Å². The highest BCUT2D eigenvalue weighted by molar-refractivity contribution is 6.35. The number of nitrogens with one attached hydrogen (secondary N) is 1. The Morgan fingerprint density at radius 1 is 1.31 bits per heavy atom. The Labute approximate surface area is 83.3 Å². The molecule has 2 rings (SSSR count). The normalized spacial score (nSPS) is 10.6. The van der Waals surface area contributed by atoms with Crippen LogP contribution in [0.4, 0.5) is 0 Å². The monoisotopic (exact) mass is 214 g/mol. The lowest BCUT2D eigenvalue weighted by molar-refractivity contribution is 1.12. The molecule has 0 aliphatic heterocycles. The second kappa shape index (κ2) is 3.01. The lowest BCUT2D eigenvalue weighted by Crippen LogP contribution is -2.09. The van der Waals surface area contributed by atoms with E-state index in [4.69, 9.17) is 23.2 Å². The molecule has 0 spiro atoms. The lowest BCUT2D eigenvalue weighted by atomic mass is 10.2. The molecule has 66 valence electrons. The van der Waals surface area contributed by atoms with E-state index in [2.05, 4.69) is 9.97 Å². The highest BCUT2D eigenvalue weighted by Crippen LogP contribution is 2.21. The van der Waals surface area contributed by atoms with E-state index in [1.54, 1.807) is 18.2 Å². The SMILES string of the molecule is O=c1nc(Cl)c2cc(Cl)ccc2[nH]1. The van der Waals surface area contributed by atoms with Crippen LogP contribution in [-0.2, 0) is 0 Å². The van der Waals surface area contributed by atoms with E-state index in [-0.39, 0.29) is 5.15 Å². The molecule has 1 aromatic carbocycles. The number of aromatic amines is 1. The molecule has 0 aliphatic carbocycles. The number of halogens is 2. The molecule has 0 atom stereocenters. The summed E-state index contributed by atoms with van der Waals surface area (Å²) in [5.41, 5.74) is 0.175. The molecule has 0 bridgehead atoms. The molecule has 0 aliphatic rings. The van der Waals surface area contributed by atoms with Gasteiger partial charge in [0.15, 0.2) is 0 Å². The van der Waals surface area contributed by atoms with Crippen LogP contribution in [0.25, 0.3) is 10.9 Å². The zero-order valence-electron chi connectivity index (χ0n) is 6.34. The van der Waals surface area contributed by atoms with Crippen molar-refractivity contribution >= 4 is 34.1 Å². The van der Waals surface area contributed by atoms with Gasteiger partial charge in [-0.1, -0.05) is 23.2 Å². The third-order valence-corrected chi connectivity index (χ3v) is 2.17. The van der Waals surface area contributed by atoms with Crippen molar-refractivity contribution in [2.75, 3.05) is 0 Å². The van der Waals surface area contributed by atoms with E-state index in [1.165, 1.54) is 0 Å². The highest BCUT2D eigenvalue weighted by atomic mass is 35.5. The van der Waals surface area contributed by atoms with Crippen molar-refractivity contribution in [2.24, 2.45) is 0 Å². The van der Waals surface area contributed by atoms with Gasteiger partial charge in [0.05, 0.1) is 5.52 Å². The van der Waals surface area contributed by atoms with Crippen LogP contribution >= 0.6 is 23.2 Å². The van der Waals surface area contributed by atoms with Gasteiger partial charge in [0, 0.05) is 10.4 Å². The summed E-state index contributed by atoms with van der Waals surface area (Å²) in [7, 11) is 0. The van der Waals surface area contributed by atoms with Crippen molar-refractivity contribution in [1.82, 2.24) is 9.97 Å². The predicted molar refractivity (Wildman–Crippen MR) is 52.4 cm³/mol. The average molecular weight is 215 g/mol. The first kappa shape index (κ1) is 8.53. The zero-order chi connectivity index (χ0) is 9.42. The summed E-state index contributed by atoms with van der Waals surface area (Å²) in [5.74, 6) is 0. The molecule has 0 amide bonds. The van der Waals surface area contributed by atoms with E-state index in [0.717, 1.165) is 0 Å². The molecule has 3 nitrogen and oxygen atoms in total. The third-order valence-electron chi connectivity index (χ3n) is 1.65. The van der Waals surface area contributed by atoms with Gasteiger partial charge in [-0.2, -0.15) is 4.98 Å². The number of hydrogen-bond acceptors (Lipinski definition) is 2. The Bertz CT molecular complexity index is 521. The molecule has 1 N–H and O–H groups in total. The van der Waals surface area contributed by atoms with Crippen molar-refractivity contribution in [3.05, 3.63) is 38.9 Å². The fourth-order valence-corrected chi connectivity index (χ4v) is 1.49. The Morgan fingerprint density at radius 3 is 2.85 bits per heavy atom. The van der Waals surface area contributed by atoms with Crippen LogP contribution in [0, 0.1) is 0 Å². The minimum absolute atomic E-state index is 0.168. The molecule has 0 fully saturated rings. The predicted octanol–water partition coefficient (Wildman–Crippen LogP) is 2.23. The number of rotatable bonds is 0. The van der Waals surface area contributed by atoms with Crippen LogP contribution in [0.5, 0.6) is 0 Å². The topological polar surface area (TPSA) is 45.8 Å². The molecule has 0 saturated carbocycles. The Kier molecular flexibility index (Phi) is 1.98. The zero-order valence-corrected chi connectivity index (χ0v) is 7.86. The largest absolute Gasteiger partial charge is 0.346 e. The van der Waals surface area contributed by atoms with E-state index in [0.29, 0.717) is 15.9 Å². The van der Waals surface area contributed by atoms with Gasteiger partial charge < -0.3 is 4.98 Å². The Morgan fingerprint density at radius 2 is 2.08 bits per heavy atom. The van der Waals surface area contributed by atoms with Crippen molar-refractivity contribution in [3.8, 4) is 0 Å². The van der Waals surface area contributed by atoms with Crippen LogP contribution in [0.15, 0.2) is 23.0 Å². The number of aromatic nitrogens is 2. The van der Waals surface area contributed by atoms with Gasteiger partial charge in [-0.25, -0.2) is 4.79 Å². The van der Waals surface area contributed by atoms with Crippen LogP contribution in [-0.4, -0.2) is 9.97 Å². The maximum Gasteiger partial charge on any atom is 0.346 e. The summed E-state index contributed by atoms with van der Waals surface area (Å²) < 4.78 is 0. The fourth-order valence-electron chi connectivity index (χ4n) is 1.09. The molecular weight excluding hydrogens is 211 g/mol. The quantitative estimate of drug-likeness (QED) is 0.685. The van der Waals surface area contributed by atoms with Gasteiger partial charge in [-0.05, 0) is 18.2 Å². The summed E-state index contributed by atoms with van der Waals surface area (Å²) in [6.45, 7) is 0. The molecule has 2 aromatic rings. The number of benzene rings is 1. The Balaban J connectivity index is 2.95. The van der Waals surface area contributed by atoms with Gasteiger partial charge >= 0.3 is 5.69 Å². The van der Waals surface area contributed by atoms with Gasteiger partial charge in [0.25, 0.3) is 0 Å². The average Bonchev–Trinajstić information content (AvgIpc) is 2.06. The molecule has 5 heteroatoms. The number of H-pyrrole nitrogens is 1. The standard InChI is InChI=1S/C8H4Cl2N2O/c9-4-1-2-6-5(3-4)7(10)12-8(13)11-6/h1-3H,(H,11,12,13). The summed E-state index contributed by atoms with van der Waals surface area (Å²) in [6.07, 6.45) is 0. The van der Waals surface area contributed by atoms with Gasteiger partial charge in [-0.15, -0.1) is 0 Å².